The first-order chi connectivity index (χ1) is 9.77. The SMILES string of the molecule is CC(c1c(Br)cccc1N1CCCC1)N1CCNCC1. The quantitative estimate of drug-likeness (QED) is 0.914. The van der Waals surface area contributed by atoms with Crippen molar-refractivity contribution >= 4 is 21.6 Å². The van der Waals surface area contributed by atoms with Crippen LogP contribution >= 0.6 is 15.9 Å². The van der Waals surface area contributed by atoms with Crippen LogP contribution in [0.1, 0.15) is 31.4 Å². The smallest absolute Gasteiger partial charge is 0.0426 e. The van der Waals surface area contributed by atoms with Gasteiger partial charge in [-0.25, -0.2) is 0 Å². The van der Waals surface area contributed by atoms with Gasteiger partial charge in [-0.1, -0.05) is 22.0 Å². The van der Waals surface area contributed by atoms with Crippen LogP contribution < -0.4 is 10.2 Å². The Morgan fingerprint density at radius 2 is 1.80 bits per heavy atom. The molecule has 4 heteroatoms. The molecule has 0 saturated carbocycles. The van der Waals surface area contributed by atoms with E-state index in [-0.39, 0.29) is 0 Å². The summed E-state index contributed by atoms with van der Waals surface area (Å²) in [6.07, 6.45) is 2.65. The van der Waals surface area contributed by atoms with E-state index in [4.69, 9.17) is 0 Å². The minimum absolute atomic E-state index is 0.475. The van der Waals surface area contributed by atoms with E-state index in [9.17, 15) is 0 Å². The number of anilines is 1. The molecule has 0 radical (unpaired) electrons. The van der Waals surface area contributed by atoms with Gasteiger partial charge in [0.2, 0.25) is 0 Å². The van der Waals surface area contributed by atoms with Gasteiger partial charge in [-0.15, -0.1) is 0 Å². The summed E-state index contributed by atoms with van der Waals surface area (Å²) < 4.78 is 1.26. The highest BCUT2D eigenvalue weighted by Crippen LogP contribution is 2.37. The first kappa shape index (κ1) is 14.4. The van der Waals surface area contributed by atoms with Gasteiger partial charge in [0.15, 0.2) is 0 Å². The molecule has 1 aromatic rings. The molecular formula is C16H24BrN3. The van der Waals surface area contributed by atoms with E-state index in [1.54, 1.807) is 0 Å². The Hall–Kier alpha value is -0.580. The molecule has 2 heterocycles. The molecule has 0 amide bonds. The molecule has 0 bridgehead atoms. The molecular weight excluding hydrogens is 314 g/mol. The largest absolute Gasteiger partial charge is 0.371 e. The number of piperazine rings is 1. The van der Waals surface area contributed by atoms with Crippen LogP contribution in [-0.2, 0) is 0 Å². The van der Waals surface area contributed by atoms with E-state index in [0.717, 1.165) is 26.2 Å². The molecule has 110 valence electrons. The summed E-state index contributed by atoms with van der Waals surface area (Å²) in [5, 5.41) is 3.44. The van der Waals surface area contributed by atoms with Gasteiger partial charge in [0.1, 0.15) is 0 Å². The number of nitrogens with one attached hydrogen (secondary N) is 1. The van der Waals surface area contributed by atoms with Crippen LogP contribution in [-0.4, -0.2) is 44.2 Å². The Morgan fingerprint density at radius 1 is 1.10 bits per heavy atom. The second kappa shape index (κ2) is 6.46. The highest BCUT2D eigenvalue weighted by molar-refractivity contribution is 9.10. The lowest BCUT2D eigenvalue weighted by Crippen LogP contribution is -2.44. The first-order valence-electron chi connectivity index (χ1n) is 7.75. The summed E-state index contributed by atoms with van der Waals surface area (Å²) in [7, 11) is 0. The van der Waals surface area contributed by atoms with Gasteiger partial charge in [-0.05, 0) is 31.9 Å². The van der Waals surface area contributed by atoms with Crippen molar-refractivity contribution in [1.29, 1.82) is 0 Å². The van der Waals surface area contributed by atoms with Crippen LogP contribution in [0.4, 0.5) is 5.69 Å². The zero-order valence-corrected chi connectivity index (χ0v) is 13.8. The maximum Gasteiger partial charge on any atom is 0.0426 e. The van der Waals surface area contributed by atoms with Crippen molar-refractivity contribution in [3.05, 3.63) is 28.2 Å². The lowest BCUT2D eigenvalue weighted by Gasteiger charge is -2.35. The Balaban J connectivity index is 1.89. The fourth-order valence-electron chi connectivity index (χ4n) is 3.43. The van der Waals surface area contributed by atoms with Gasteiger partial charge in [-0.3, -0.25) is 4.90 Å². The third-order valence-electron chi connectivity index (χ3n) is 4.59. The Labute approximate surface area is 130 Å². The van der Waals surface area contributed by atoms with Gasteiger partial charge >= 0.3 is 0 Å². The molecule has 0 aromatic heterocycles. The van der Waals surface area contributed by atoms with Gasteiger partial charge in [0.05, 0.1) is 0 Å². The fourth-order valence-corrected chi connectivity index (χ4v) is 4.11. The van der Waals surface area contributed by atoms with Gasteiger partial charge in [-0.2, -0.15) is 0 Å². The van der Waals surface area contributed by atoms with E-state index < -0.39 is 0 Å². The summed E-state index contributed by atoms with van der Waals surface area (Å²) in [6, 6.07) is 7.13. The van der Waals surface area contributed by atoms with Crippen molar-refractivity contribution in [3.8, 4) is 0 Å². The van der Waals surface area contributed by atoms with Crippen LogP contribution in [0.25, 0.3) is 0 Å². The second-order valence-corrected chi connectivity index (χ2v) is 6.68. The Morgan fingerprint density at radius 3 is 2.50 bits per heavy atom. The topological polar surface area (TPSA) is 18.5 Å². The third kappa shape index (κ3) is 2.87. The molecule has 0 aliphatic carbocycles. The maximum atomic E-state index is 3.79. The van der Waals surface area contributed by atoms with Crippen molar-refractivity contribution in [2.45, 2.75) is 25.8 Å². The van der Waals surface area contributed by atoms with Crippen LogP contribution in [0, 0.1) is 0 Å². The van der Waals surface area contributed by atoms with E-state index in [1.807, 2.05) is 0 Å². The minimum Gasteiger partial charge on any atom is -0.371 e. The van der Waals surface area contributed by atoms with Crippen LogP contribution in [0.5, 0.6) is 0 Å². The molecule has 3 rings (SSSR count). The number of hydrogen-bond donors (Lipinski definition) is 1. The van der Waals surface area contributed by atoms with E-state index >= 15 is 0 Å². The molecule has 3 nitrogen and oxygen atoms in total. The molecule has 1 atom stereocenters. The van der Waals surface area contributed by atoms with Crippen LogP contribution in [0.2, 0.25) is 0 Å². The van der Waals surface area contributed by atoms with E-state index in [2.05, 4.69) is 56.2 Å². The fraction of sp³-hybridized carbons (Fsp3) is 0.625. The molecule has 1 N–H and O–H groups in total. The summed E-state index contributed by atoms with van der Waals surface area (Å²) in [4.78, 5) is 5.15. The molecule has 2 saturated heterocycles. The predicted molar refractivity (Wildman–Crippen MR) is 88.4 cm³/mol. The summed E-state index contributed by atoms with van der Waals surface area (Å²) in [5.41, 5.74) is 2.90. The average molecular weight is 338 g/mol. The Kier molecular flexibility index (Phi) is 4.64. The summed E-state index contributed by atoms with van der Waals surface area (Å²) in [5.74, 6) is 0. The highest BCUT2D eigenvalue weighted by Gasteiger charge is 2.25. The van der Waals surface area contributed by atoms with Crippen molar-refractivity contribution in [2.24, 2.45) is 0 Å². The molecule has 1 aromatic carbocycles. The number of hydrogen-bond acceptors (Lipinski definition) is 3. The Bertz CT molecular complexity index is 451. The van der Waals surface area contributed by atoms with Gasteiger partial charge in [0, 0.05) is 61.0 Å². The molecule has 2 fully saturated rings. The third-order valence-corrected chi connectivity index (χ3v) is 5.29. The molecule has 2 aliphatic rings. The summed E-state index contributed by atoms with van der Waals surface area (Å²) >= 11 is 3.79. The predicted octanol–water partition coefficient (Wildman–Crippen LogP) is 3.02. The van der Waals surface area contributed by atoms with Crippen molar-refractivity contribution in [2.75, 3.05) is 44.2 Å². The lowest BCUT2D eigenvalue weighted by molar-refractivity contribution is 0.185. The molecule has 0 spiro atoms. The highest BCUT2D eigenvalue weighted by atomic mass is 79.9. The zero-order chi connectivity index (χ0) is 13.9. The maximum absolute atomic E-state index is 3.79. The lowest BCUT2D eigenvalue weighted by atomic mass is 10.0. The monoisotopic (exact) mass is 337 g/mol. The second-order valence-electron chi connectivity index (χ2n) is 5.83. The van der Waals surface area contributed by atoms with Crippen LogP contribution in [0.15, 0.2) is 22.7 Å². The van der Waals surface area contributed by atoms with E-state index in [0.29, 0.717) is 6.04 Å². The number of benzene rings is 1. The van der Waals surface area contributed by atoms with E-state index in [1.165, 1.54) is 41.7 Å². The molecule has 1 unspecified atom stereocenters. The average Bonchev–Trinajstić information content (AvgIpc) is 3.01. The zero-order valence-electron chi connectivity index (χ0n) is 12.2. The number of rotatable bonds is 3. The first-order valence-corrected chi connectivity index (χ1v) is 8.55. The summed E-state index contributed by atoms with van der Waals surface area (Å²) in [6.45, 7) is 9.26. The van der Waals surface area contributed by atoms with Crippen molar-refractivity contribution in [3.63, 3.8) is 0 Å². The normalized spacial score (nSPS) is 22.2. The van der Waals surface area contributed by atoms with Gasteiger partial charge < -0.3 is 10.2 Å². The van der Waals surface area contributed by atoms with Crippen molar-refractivity contribution in [1.82, 2.24) is 10.2 Å². The number of nitrogens with zero attached hydrogens (tertiary/aromatic N) is 2. The standard InChI is InChI=1S/C16H24BrN3/c1-13(19-11-7-18-8-12-19)16-14(17)5-4-6-15(16)20-9-2-3-10-20/h4-6,13,18H,2-3,7-12H2,1H3. The number of halogens is 1. The minimum atomic E-state index is 0.475. The molecule has 2 aliphatic heterocycles. The molecule has 20 heavy (non-hydrogen) atoms. The van der Waals surface area contributed by atoms with Gasteiger partial charge in [0.25, 0.3) is 0 Å². The van der Waals surface area contributed by atoms with Crippen molar-refractivity contribution < 1.29 is 0 Å². The van der Waals surface area contributed by atoms with Crippen LogP contribution in [0.3, 0.4) is 0 Å².